The molecular weight excluding hydrogens is 371 g/mol. The Morgan fingerprint density at radius 2 is 1.85 bits per heavy atom. The lowest BCUT2D eigenvalue weighted by Gasteiger charge is -2.23. The molecule has 0 radical (unpaired) electrons. The molecule has 1 saturated heterocycles. The van der Waals surface area contributed by atoms with Crippen molar-refractivity contribution in [2.45, 2.75) is 30.3 Å². The van der Waals surface area contributed by atoms with E-state index >= 15 is 0 Å². The van der Waals surface area contributed by atoms with Crippen molar-refractivity contribution in [3.63, 3.8) is 0 Å². The van der Waals surface area contributed by atoms with Crippen LogP contribution in [0.5, 0.6) is 0 Å². The zero-order valence-corrected chi connectivity index (χ0v) is 15.1. The molecule has 0 saturated carbocycles. The predicted molar refractivity (Wildman–Crippen MR) is 94.4 cm³/mol. The number of pyridine rings is 1. The molecule has 0 aliphatic carbocycles. The van der Waals surface area contributed by atoms with Crippen molar-refractivity contribution in [3.05, 3.63) is 54.6 Å². The second kappa shape index (κ2) is 7.12. The Kier molecular flexibility index (Phi) is 4.66. The fourth-order valence-corrected chi connectivity index (χ4v) is 4.86. The first-order valence-electron chi connectivity index (χ1n) is 8.50. The van der Waals surface area contributed by atoms with Crippen molar-refractivity contribution < 1.29 is 12.8 Å². The van der Waals surface area contributed by atoms with Gasteiger partial charge in [-0.3, -0.25) is 4.98 Å². The second-order valence-electron chi connectivity index (χ2n) is 6.27. The van der Waals surface area contributed by atoms with Gasteiger partial charge in [0.25, 0.3) is 0 Å². The number of aromatic nitrogens is 5. The van der Waals surface area contributed by atoms with E-state index < -0.39 is 15.8 Å². The van der Waals surface area contributed by atoms with E-state index in [-0.39, 0.29) is 10.9 Å². The van der Waals surface area contributed by atoms with Gasteiger partial charge in [0.1, 0.15) is 5.82 Å². The average Bonchev–Trinajstić information content (AvgIpc) is 3.33. The molecule has 0 N–H and O–H groups in total. The summed E-state index contributed by atoms with van der Waals surface area (Å²) in [6.45, 7) is 0.717. The Bertz CT molecular complexity index is 1020. The van der Waals surface area contributed by atoms with Gasteiger partial charge in [-0.25, -0.2) is 12.8 Å². The Morgan fingerprint density at radius 1 is 1.11 bits per heavy atom. The van der Waals surface area contributed by atoms with Gasteiger partial charge in [0.05, 0.1) is 11.4 Å². The Labute approximate surface area is 155 Å². The third-order valence-electron chi connectivity index (χ3n) is 4.51. The molecule has 1 atom stereocenters. The lowest BCUT2D eigenvalue weighted by atomic mass is 10.2. The molecule has 2 aromatic heterocycles. The van der Waals surface area contributed by atoms with Crippen LogP contribution in [0.3, 0.4) is 0 Å². The number of benzene rings is 1. The summed E-state index contributed by atoms with van der Waals surface area (Å²) in [6, 6.07) is 8.16. The fourth-order valence-electron chi connectivity index (χ4n) is 3.18. The molecule has 140 valence electrons. The number of tetrazole rings is 1. The molecule has 27 heavy (non-hydrogen) atoms. The summed E-state index contributed by atoms with van der Waals surface area (Å²) in [6.07, 6.45) is 4.73. The van der Waals surface area contributed by atoms with Crippen molar-refractivity contribution in [1.82, 2.24) is 29.5 Å². The molecule has 3 heterocycles. The van der Waals surface area contributed by atoms with Crippen LogP contribution in [-0.4, -0.2) is 50.5 Å². The zero-order valence-electron chi connectivity index (χ0n) is 14.3. The van der Waals surface area contributed by atoms with Gasteiger partial charge in [-0.1, -0.05) is 0 Å². The zero-order chi connectivity index (χ0) is 18.9. The molecule has 0 amide bonds. The van der Waals surface area contributed by atoms with Crippen molar-refractivity contribution >= 4 is 10.0 Å². The van der Waals surface area contributed by atoms with Gasteiger partial charge in [0.15, 0.2) is 0 Å². The minimum atomic E-state index is -3.70. The summed E-state index contributed by atoms with van der Waals surface area (Å²) >= 11 is 0. The monoisotopic (exact) mass is 388 g/mol. The number of sulfonamides is 1. The van der Waals surface area contributed by atoms with E-state index in [9.17, 15) is 12.8 Å². The number of rotatable bonds is 5. The summed E-state index contributed by atoms with van der Waals surface area (Å²) in [5, 5.41) is 12.4. The van der Waals surface area contributed by atoms with Crippen LogP contribution in [0.1, 0.15) is 12.8 Å². The standard InChI is InChI=1S/C17H17FN6O2S/c18-14-3-5-16(6-4-14)27(25,26)23-11-1-2-15(23)12-24-21-17(20-22-24)13-7-9-19-10-8-13/h3-10,15H,1-2,11-12H2/t15-/m1/s1. The molecule has 1 aromatic carbocycles. The van der Waals surface area contributed by atoms with E-state index in [1.807, 2.05) is 0 Å². The number of hydrogen-bond donors (Lipinski definition) is 0. The first kappa shape index (κ1) is 17.7. The molecule has 0 spiro atoms. The van der Waals surface area contributed by atoms with Crippen LogP contribution in [0.15, 0.2) is 53.7 Å². The maximum absolute atomic E-state index is 13.1. The summed E-state index contributed by atoms with van der Waals surface area (Å²) in [7, 11) is -3.70. The molecule has 0 bridgehead atoms. The highest BCUT2D eigenvalue weighted by molar-refractivity contribution is 7.89. The normalized spacial score (nSPS) is 18.0. The van der Waals surface area contributed by atoms with Crippen LogP contribution >= 0.6 is 0 Å². The number of hydrogen-bond acceptors (Lipinski definition) is 6. The Balaban J connectivity index is 1.54. The van der Waals surface area contributed by atoms with E-state index in [4.69, 9.17) is 0 Å². The highest BCUT2D eigenvalue weighted by Gasteiger charge is 2.36. The maximum Gasteiger partial charge on any atom is 0.243 e. The van der Waals surface area contributed by atoms with Gasteiger partial charge in [0, 0.05) is 30.5 Å². The lowest BCUT2D eigenvalue weighted by molar-refractivity contribution is 0.323. The molecule has 4 rings (SSSR count). The van der Waals surface area contributed by atoms with E-state index in [1.165, 1.54) is 21.2 Å². The summed E-state index contributed by atoms with van der Waals surface area (Å²) < 4.78 is 40.4. The summed E-state index contributed by atoms with van der Waals surface area (Å²) in [5.41, 5.74) is 0.790. The summed E-state index contributed by atoms with van der Waals surface area (Å²) in [4.78, 5) is 5.45. The summed E-state index contributed by atoms with van der Waals surface area (Å²) in [5.74, 6) is -0.00859. The predicted octanol–water partition coefficient (Wildman–Crippen LogP) is 1.73. The molecular formula is C17H17FN6O2S. The average molecular weight is 388 g/mol. The third-order valence-corrected chi connectivity index (χ3v) is 6.47. The van der Waals surface area contributed by atoms with Crippen molar-refractivity contribution in [3.8, 4) is 11.4 Å². The van der Waals surface area contributed by atoms with Crippen LogP contribution in [0.4, 0.5) is 4.39 Å². The van der Waals surface area contributed by atoms with E-state index in [2.05, 4.69) is 20.4 Å². The first-order valence-corrected chi connectivity index (χ1v) is 9.94. The topological polar surface area (TPSA) is 93.9 Å². The molecule has 10 heteroatoms. The minimum Gasteiger partial charge on any atom is -0.265 e. The van der Waals surface area contributed by atoms with Crippen molar-refractivity contribution in [1.29, 1.82) is 0 Å². The van der Waals surface area contributed by atoms with Gasteiger partial charge < -0.3 is 0 Å². The first-order chi connectivity index (χ1) is 13.0. The van der Waals surface area contributed by atoms with Crippen LogP contribution in [0.2, 0.25) is 0 Å². The van der Waals surface area contributed by atoms with Crippen LogP contribution in [0, 0.1) is 5.82 Å². The lowest BCUT2D eigenvalue weighted by Crippen LogP contribution is -2.38. The Hall–Kier alpha value is -2.72. The highest BCUT2D eigenvalue weighted by Crippen LogP contribution is 2.27. The maximum atomic E-state index is 13.1. The molecule has 1 fully saturated rings. The van der Waals surface area contributed by atoms with E-state index in [0.29, 0.717) is 25.3 Å². The minimum absolute atomic E-state index is 0.0832. The van der Waals surface area contributed by atoms with Gasteiger partial charge in [-0.2, -0.15) is 9.10 Å². The SMILES string of the molecule is O=S(=O)(c1ccc(F)cc1)N1CCC[C@@H]1Cn1nnc(-c2ccncc2)n1. The fraction of sp³-hybridized carbons (Fsp3) is 0.294. The molecule has 0 unspecified atom stereocenters. The molecule has 8 nitrogen and oxygen atoms in total. The second-order valence-corrected chi connectivity index (χ2v) is 8.16. The Morgan fingerprint density at radius 3 is 2.59 bits per heavy atom. The van der Waals surface area contributed by atoms with E-state index in [0.717, 1.165) is 24.1 Å². The van der Waals surface area contributed by atoms with Crippen molar-refractivity contribution in [2.75, 3.05) is 6.54 Å². The smallest absolute Gasteiger partial charge is 0.243 e. The van der Waals surface area contributed by atoms with Crippen LogP contribution in [-0.2, 0) is 16.6 Å². The largest absolute Gasteiger partial charge is 0.265 e. The molecule has 3 aromatic rings. The highest BCUT2D eigenvalue weighted by atomic mass is 32.2. The molecule has 1 aliphatic heterocycles. The number of halogens is 1. The quantitative estimate of drug-likeness (QED) is 0.661. The van der Waals surface area contributed by atoms with Gasteiger partial charge >= 0.3 is 0 Å². The number of nitrogens with zero attached hydrogens (tertiary/aromatic N) is 6. The van der Waals surface area contributed by atoms with Crippen LogP contribution in [0.25, 0.3) is 11.4 Å². The van der Waals surface area contributed by atoms with Gasteiger partial charge in [-0.15, -0.1) is 10.2 Å². The van der Waals surface area contributed by atoms with Crippen molar-refractivity contribution in [2.24, 2.45) is 0 Å². The van der Waals surface area contributed by atoms with Crippen LogP contribution < -0.4 is 0 Å². The van der Waals surface area contributed by atoms with E-state index in [1.54, 1.807) is 24.5 Å². The third kappa shape index (κ3) is 3.58. The van der Waals surface area contributed by atoms with Gasteiger partial charge in [0.2, 0.25) is 15.8 Å². The molecule has 1 aliphatic rings. The van der Waals surface area contributed by atoms with Gasteiger partial charge in [-0.05, 0) is 54.5 Å².